The van der Waals surface area contributed by atoms with Gasteiger partial charge >= 0.3 is 0 Å². The molecule has 1 N–H and O–H groups in total. The number of rotatable bonds is 6. The zero-order valence-electron chi connectivity index (χ0n) is 19.3. The van der Waals surface area contributed by atoms with E-state index in [1.807, 2.05) is 6.92 Å². The summed E-state index contributed by atoms with van der Waals surface area (Å²) in [5, 5.41) is 11.3. The molecule has 34 heavy (non-hydrogen) atoms. The summed E-state index contributed by atoms with van der Waals surface area (Å²) in [6.45, 7) is 6.51. The van der Waals surface area contributed by atoms with Crippen molar-refractivity contribution in [2.45, 2.75) is 26.8 Å². The van der Waals surface area contributed by atoms with E-state index in [9.17, 15) is 19.1 Å². The topological polar surface area (TPSA) is 66.8 Å². The van der Waals surface area contributed by atoms with E-state index in [2.05, 4.69) is 13.8 Å². The molecule has 4 rings (SSSR count). The number of nitrogens with zero attached hydrogens (tertiary/aromatic N) is 1. The summed E-state index contributed by atoms with van der Waals surface area (Å²) >= 11 is 0. The van der Waals surface area contributed by atoms with Crippen LogP contribution in [-0.2, 0) is 9.59 Å². The van der Waals surface area contributed by atoms with Crippen molar-refractivity contribution < 1.29 is 23.8 Å². The second-order valence-corrected chi connectivity index (χ2v) is 8.74. The molecule has 6 heteroatoms. The Bertz CT molecular complexity index is 1250. The molecular weight excluding hydrogens is 433 g/mol. The van der Waals surface area contributed by atoms with Crippen LogP contribution < -0.4 is 9.64 Å². The van der Waals surface area contributed by atoms with Gasteiger partial charge in [0.2, 0.25) is 0 Å². The molecule has 0 radical (unpaired) electrons. The zero-order valence-corrected chi connectivity index (χ0v) is 19.3. The summed E-state index contributed by atoms with van der Waals surface area (Å²) in [7, 11) is 0. The van der Waals surface area contributed by atoms with E-state index in [0.29, 0.717) is 35.1 Å². The predicted molar refractivity (Wildman–Crippen MR) is 129 cm³/mol. The number of para-hydroxylation sites is 1. The van der Waals surface area contributed by atoms with Crippen LogP contribution in [0.25, 0.3) is 5.76 Å². The number of benzene rings is 3. The van der Waals surface area contributed by atoms with Crippen LogP contribution in [0.2, 0.25) is 0 Å². The van der Waals surface area contributed by atoms with Crippen molar-refractivity contribution in [2.75, 3.05) is 11.5 Å². The second-order valence-electron chi connectivity index (χ2n) is 8.74. The largest absolute Gasteiger partial charge is 0.507 e. The zero-order chi connectivity index (χ0) is 24.4. The maximum atomic E-state index is 13.6. The Hall–Kier alpha value is -3.93. The number of Topliss-reactive ketones (excluding diaryl/α,β-unsaturated/α-hetero) is 1. The Labute approximate surface area is 198 Å². The lowest BCUT2D eigenvalue weighted by Crippen LogP contribution is -2.29. The van der Waals surface area contributed by atoms with Gasteiger partial charge in [-0.25, -0.2) is 4.39 Å². The Morgan fingerprint density at radius 2 is 1.71 bits per heavy atom. The van der Waals surface area contributed by atoms with E-state index in [-0.39, 0.29) is 11.3 Å². The van der Waals surface area contributed by atoms with Crippen LogP contribution in [0.1, 0.15) is 36.6 Å². The van der Waals surface area contributed by atoms with Crippen molar-refractivity contribution in [2.24, 2.45) is 5.92 Å². The lowest BCUT2D eigenvalue weighted by molar-refractivity contribution is -0.132. The van der Waals surface area contributed by atoms with E-state index in [0.717, 1.165) is 5.56 Å². The fourth-order valence-electron chi connectivity index (χ4n) is 4.02. The van der Waals surface area contributed by atoms with Gasteiger partial charge in [-0.2, -0.15) is 0 Å². The third-order valence-corrected chi connectivity index (χ3v) is 5.69. The number of amides is 1. The number of ether oxygens (including phenoxy) is 1. The number of aliphatic hydroxyl groups excluding tert-OH is 1. The molecule has 1 fully saturated rings. The van der Waals surface area contributed by atoms with Crippen LogP contribution in [0.3, 0.4) is 0 Å². The molecule has 1 aliphatic heterocycles. The van der Waals surface area contributed by atoms with Gasteiger partial charge < -0.3 is 9.84 Å². The first kappa shape index (κ1) is 23.2. The summed E-state index contributed by atoms with van der Waals surface area (Å²) in [5.41, 5.74) is 2.16. The molecule has 1 aliphatic rings. The molecule has 1 heterocycles. The number of aryl methyl sites for hydroxylation is 1. The third-order valence-electron chi connectivity index (χ3n) is 5.69. The Kier molecular flexibility index (Phi) is 6.50. The predicted octanol–water partition coefficient (Wildman–Crippen LogP) is 5.80. The normalized spacial score (nSPS) is 17.4. The minimum atomic E-state index is -0.903. The Morgan fingerprint density at radius 1 is 1.03 bits per heavy atom. The van der Waals surface area contributed by atoms with Gasteiger partial charge in [-0.3, -0.25) is 14.5 Å². The second kappa shape index (κ2) is 9.51. The van der Waals surface area contributed by atoms with Crippen molar-refractivity contribution in [3.05, 3.63) is 101 Å². The van der Waals surface area contributed by atoms with Crippen molar-refractivity contribution in [1.29, 1.82) is 0 Å². The molecule has 1 atom stereocenters. The van der Waals surface area contributed by atoms with Gasteiger partial charge in [0.25, 0.3) is 11.7 Å². The number of hydrogen-bond acceptors (Lipinski definition) is 4. The van der Waals surface area contributed by atoms with E-state index in [4.69, 9.17) is 4.74 Å². The molecule has 0 saturated carbocycles. The lowest BCUT2D eigenvalue weighted by Gasteiger charge is -2.25. The minimum Gasteiger partial charge on any atom is -0.507 e. The van der Waals surface area contributed by atoms with E-state index in [1.165, 1.54) is 29.2 Å². The van der Waals surface area contributed by atoms with Crippen molar-refractivity contribution in [3.8, 4) is 5.75 Å². The first-order chi connectivity index (χ1) is 16.3. The van der Waals surface area contributed by atoms with Gasteiger partial charge in [0.1, 0.15) is 17.3 Å². The first-order valence-corrected chi connectivity index (χ1v) is 11.1. The standard InChI is InChI=1S/C28H26FNO4/c1-17(2)16-34-23-14-11-20(15-18(23)3)26(31)24-25(19-9-12-21(29)13-10-19)30(28(33)27(24)32)22-7-5-4-6-8-22/h4-15,17,25,31H,16H2,1-3H3/b26-24-. The Balaban J connectivity index is 1.84. The van der Waals surface area contributed by atoms with Crippen molar-refractivity contribution in [1.82, 2.24) is 0 Å². The lowest BCUT2D eigenvalue weighted by atomic mass is 9.94. The molecule has 174 valence electrons. The number of halogens is 1. The summed E-state index contributed by atoms with van der Waals surface area (Å²) in [6.07, 6.45) is 0. The molecule has 5 nitrogen and oxygen atoms in total. The molecule has 0 aromatic heterocycles. The number of carbonyl (C=O) groups excluding carboxylic acids is 2. The summed E-state index contributed by atoms with van der Waals surface area (Å²) < 4.78 is 19.5. The number of aliphatic hydroxyl groups is 1. The van der Waals surface area contributed by atoms with Crippen LogP contribution in [0.5, 0.6) is 5.75 Å². The fraction of sp³-hybridized carbons (Fsp3) is 0.214. The molecule has 3 aromatic rings. The third kappa shape index (κ3) is 4.44. The highest BCUT2D eigenvalue weighted by molar-refractivity contribution is 6.51. The van der Waals surface area contributed by atoms with E-state index < -0.39 is 23.5 Å². The number of hydrogen-bond donors (Lipinski definition) is 1. The number of anilines is 1. The smallest absolute Gasteiger partial charge is 0.300 e. The molecule has 0 spiro atoms. The average Bonchev–Trinajstić information content (AvgIpc) is 3.09. The van der Waals surface area contributed by atoms with Crippen molar-refractivity contribution >= 4 is 23.1 Å². The minimum absolute atomic E-state index is 0.0456. The molecular formula is C28H26FNO4. The molecule has 1 amide bonds. The highest BCUT2D eigenvalue weighted by Crippen LogP contribution is 2.42. The Morgan fingerprint density at radius 3 is 2.32 bits per heavy atom. The van der Waals surface area contributed by atoms with Crippen LogP contribution in [0, 0.1) is 18.7 Å². The highest BCUT2D eigenvalue weighted by Gasteiger charge is 2.46. The van der Waals surface area contributed by atoms with Crippen LogP contribution in [-0.4, -0.2) is 23.4 Å². The SMILES string of the molecule is Cc1cc(/C(O)=C2/C(=O)C(=O)N(c3ccccc3)C2c2ccc(F)cc2)ccc1OCC(C)C. The van der Waals surface area contributed by atoms with Crippen LogP contribution >= 0.6 is 0 Å². The molecule has 0 bridgehead atoms. The monoisotopic (exact) mass is 459 g/mol. The molecule has 0 aliphatic carbocycles. The van der Waals surface area contributed by atoms with Gasteiger partial charge in [0, 0.05) is 11.3 Å². The van der Waals surface area contributed by atoms with Crippen molar-refractivity contribution in [3.63, 3.8) is 0 Å². The number of carbonyl (C=O) groups is 2. The fourth-order valence-corrected chi connectivity index (χ4v) is 4.02. The quantitative estimate of drug-likeness (QED) is 0.288. The van der Waals surface area contributed by atoms with Gasteiger partial charge in [0.05, 0.1) is 18.2 Å². The van der Waals surface area contributed by atoms with Gasteiger partial charge in [-0.05, 0) is 66.4 Å². The summed E-state index contributed by atoms with van der Waals surface area (Å²) in [4.78, 5) is 27.6. The van der Waals surface area contributed by atoms with Gasteiger partial charge in [-0.15, -0.1) is 0 Å². The van der Waals surface area contributed by atoms with Crippen LogP contribution in [0.15, 0.2) is 78.4 Å². The highest BCUT2D eigenvalue weighted by atomic mass is 19.1. The summed E-state index contributed by atoms with van der Waals surface area (Å²) in [5.74, 6) is -1.23. The molecule has 3 aromatic carbocycles. The molecule has 1 unspecified atom stereocenters. The van der Waals surface area contributed by atoms with Gasteiger partial charge in [-0.1, -0.05) is 44.2 Å². The first-order valence-electron chi connectivity index (χ1n) is 11.1. The van der Waals surface area contributed by atoms with E-state index in [1.54, 1.807) is 48.5 Å². The maximum absolute atomic E-state index is 13.6. The molecule has 1 saturated heterocycles. The number of ketones is 1. The summed E-state index contributed by atoms with van der Waals surface area (Å²) in [6, 6.07) is 18.6. The average molecular weight is 460 g/mol. The van der Waals surface area contributed by atoms with E-state index >= 15 is 0 Å². The van der Waals surface area contributed by atoms with Gasteiger partial charge in [0.15, 0.2) is 0 Å². The maximum Gasteiger partial charge on any atom is 0.300 e. The van der Waals surface area contributed by atoms with Crippen LogP contribution in [0.4, 0.5) is 10.1 Å².